The van der Waals surface area contributed by atoms with Crippen molar-refractivity contribution in [2.75, 3.05) is 32.5 Å². The molecule has 0 saturated carbocycles. The predicted molar refractivity (Wildman–Crippen MR) is 77.7 cm³/mol. The van der Waals surface area contributed by atoms with Crippen molar-refractivity contribution >= 4 is 11.6 Å². The molecule has 1 amide bonds. The Morgan fingerprint density at radius 3 is 3.05 bits per heavy atom. The lowest BCUT2D eigenvalue weighted by molar-refractivity contribution is 0.0654. The van der Waals surface area contributed by atoms with E-state index in [0.29, 0.717) is 29.5 Å². The summed E-state index contributed by atoms with van der Waals surface area (Å²) >= 11 is 0. The van der Waals surface area contributed by atoms with Crippen LogP contribution in [0.5, 0.6) is 5.75 Å². The van der Waals surface area contributed by atoms with Crippen molar-refractivity contribution in [1.29, 1.82) is 0 Å². The average Bonchev–Trinajstić information content (AvgIpc) is 2.47. The number of hydrogen-bond acceptors (Lipinski definition) is 4. The molecule has 1 atom stereocenters. The third kappa shape index (κ3) is 3.04. The molecule has 1 aliphatic heterocycles. The van der Waals surface area contributed by atoms with Gasteiger partial charge in [0.15, 0.2) is 0 Å². The first-order chi connectivity index (χ1) is 9.67. The lowest BCUT2D eigenvalue weighted by atomic mass is 9.94. The van der Waals surface area contributed by atoms with Crippen molar-refractivity contribution in [2.24, 2.45) is 5.92 Å². The fourth-order valence-electron chi connectivity index (χ4n) is 2.75. The molecule has 5 heteroatoms. The fourth-order valence-corrected chi connectivity index (χ4v) is 2.75. The molecule has 0 radical (unpaired) electrons. The molecule has 0 aromatic heterocycles. The van der Waals surface area contributed by atoms with Crippen molar-refractivity contribution in [3.05, 3.63) is 23.8 Å². The maximum atomic E-state index is 12.6. The van der Waals surface area contributed by atoms with E-state index in [0.717, 1.165) is 25.8 Å². The summed E-state index contributed by atoms with van der Waals surface area (Å²) < 4.78 is 5.15. The second-order valence-corrected chi connectivity index (χ2v) is 5.19. The van der Waals surface area contributed by atoms with Crippen LogP contribution >= 0.6 is 0 Å². The first-order valence-corrected chi connectivity index (χ1v) is 7.00. The summed E-state index contributed by atoms with van der Waals surface area (Å²) in [5.74, 6) is 0.855. The topological polar surface area (TPSA) is 75.8 Å². The highest BCUT2D eigenvalue weighted by Gasteiger charge is 2.25. The molecule has 1 heterocycles. The van der Waals surface area contributed by atoms with Crippen molar-refractivity contribution in [3.8, 4) is 5.75 Å². The van der Waals surface area contributed by atoms with Gasteiger partial charge in [-0.3, -0.25) is 4.79 Å². The van der Waals surface area contributed by atoms with Gasteiger partial charge in [-0.1, -0.05) is 6.07 Å². The Labute approximate surface area is 119 Å². The van der Waals surface area contributed by atoms with Gasteiger partial charge in [-0.15, -0.1) is 0 Å². The quantitative estimate of drug-likeness (QED) is 0.819. The van der Waals surface area contributed by atoms with Gasteiger partial charge in [0.05, 0.1) is 18.4 Å². The van der Waals surface area contributed by atoms with Crippen LogP contribution in [0.2, 0.25) is 0 Å². The molecule has 110 valence electrons. The van der Waals surface area contributed by atoms with Gasteiger partial charge in [0, 0.05) is 19.7 Å². The lowest BCUT2D eigenvalue weighted by Crippen LogP contribution is -2.40. The minimum Gasteiger partial charge on any atom is -0.495 e. The molecule has 0 spiro atoms. The number of amides is 1. The number of carbonyl (C=O) groups is 1. The van der Waals surface area contributed by atoms with Crippen LogP contribution in [-0.4, -0.2) is 42.7 Å². The summed E-state index contributed by atoms with van der Waals surface area (Å²) in [6.07, 6.45) is 2.79. The number of ether oxygens (including phenoxy) is 1. The molecule has 2 rings (SSSR count). The molecule has 0 bridgehead atoms. The van der Waals surface area contributed by atoms with Crippen LogP contribution in [0.3, 0.4) is 0 Å². The molecule has 1 aromatic rings. The summed E-state index contributed by atoms with van der Waals surface area (Å²) in [7, 11) is 1.54. The number of rotatable bonds is 4. The Kier molecular flexibility index (Phi) is 4.84. The van der Waals surface area contributed by atoms with Crippen LogP contribution in [0, 0.1) is 5.92 Å². The van der Waals surface area contributed by atoms with E-state index in [9.17, 15) is 4.79 Å². The van der Waals surface area contributed by atoms with Gasteiger partial charge >= 0.3 is 0 Å². The summed E-state index contributed by atoms with van der Waals surface area (Å²) in [5, 5.41) is 9.03. The van der Waals surface area contributed by atoms with E-state index in [1.54, 1.807) is 18.2 Å². The van der Waals surface area contributed by atoms with Crippen LogP contribution in [-0.2, 0) is 0 Å². The zero-order valence-corrected chi connectivity index (χ0v) is 11.8. The average molecular weight is 278 g/mol. The standard InChI is InChI=1S/C15H22N2O3/c1-20-13-6-2-5-12(14(13)16)15(19)17-8-3-4-11(10-17)7-9-18/h2,5-6,11,18H,3-4,7-10,16H2,1H3. The van der Waals surface area contributed by atoms with Gasteiger partial charge < -0.3 is 20.5 Å². The lowest BCUT2D eigenvalue weighted by Gasteiger charge is -2.33. The van der Waals surface area contributed by atoms with Crippen molar-refractivity contribution < 1.29 is 14.6 Å². The Bertz CT molecular complexity index is 474. The molecular formula is C15H22N2O3. The van der Waals surface area contributed by atoms with Gasteiger partial charge in [-0.2, -0.15) is 0 Å². The van der Waals surface area contributed by atoms with Crippen LogP contribution < -0.4 is 10.5 Å². The monoisotopic (exact) mass is 278 g/mol. The van der Waals surface area contributed by atoms with E-state index in [4.69, 9.17) is 15.6 Å². The number of likely N-dealkylation sites (tertiary alicyclic amines) is 1. The van der Waals surface area contributed by atoms with Gasteiger partial charge in [0.25, 0.3) is 5.91 Å². The van der Waals surface area contributed by atoms with Crippen molar-refractivity contribution in [1.82, 2.24) is 4.90 Å². The van der Waals surface area contributed by atoms with E-state index in [2.05, 4.69) is 0 Å². The van der Waals surface area contributed by atoms with E-state index in [1.165, 1.54) is 7.11 Å². The van der Waals surface area contributed by atoms with Gasteiger partial charge in [-0.25, -0.2) is 0 Å². The predicted octanol–water partition coefficient (Wildman–Crippen LogP) is 1.51. The molecule has 3 N–H and O–H groups in total. The molecular weight excluding hydrogens is 256 g/mol. The largest absolute Gasteiger partial charge is 0.495 e. The number of nitrogens with two attached hydrogens (primary N) is 1. The Morgan fingerprint density at radius 1 is 1.55 bits per heavy atom. The van der Waals surface area contributed by atoms with Gasteiger partial charge in [0.1, 0.15) is 5.75 Å². The van der Waals surface area contributed by atoms with E-state index in [-0.39, 0.29) is 12.5 Å². The normalized spacial score (nSPS) is 18.9. The number of hydrogen-bond donors (Lipinski definition) is 2. The number of carbonyl (C=O) groups excluding carboxylic acids is 1. The summed E-state index contributed by atoms with van der Waals surface area (Å²) in [5.41, 5.74) is 6.87. The fraction of sp³-hybridized carbons (Fsp3) is 0.533. The molecule has 1 unspecified atom stereocenters. The van der Waals surface area contributed by atoms with E-state index in [1.807, 2.05) is 4.90 Å². The Hall–Kier alpha value is -1.75. The Morgan fingerprint density at radius 2 is 2.35 bits per heavy atom. The summed E-state index contributed by atoms with van der Waals surface area (Å²) in [4.78, 5) is 14.4. The summed E-state index contributed by atoms with van der Waals surface area (Å²) in [6.45, 7) is 1.61. The second kappa shape index (κ2) is 6.61. The SMILES string of the molecule is COc1cccc(C(=O)N2CCCC(CCO)C2)c1N. The van der Waals surface area contributed by atoms with E-state index < -0.39 is 0 Å². The van der Waals surface area contributed by atoms with Crippen LogP contribution in [0.25, 0.3) is 0 Å². The number of piperidine rings is 1. The number of anilines is 1. The zero-order chi connectivity index (χ0) is 14.5. The van der Waals surface area contributed by atoms with E-state index >= 15 is 0 Å². The maximum Gasteiger partial charge on any atom is 0.256 e. The molecule has 1 saturated heterocycles. The van der Waals surface area contributed by atoms with Crippen LogP contribution in [0.1, 0.15) is 29.6 Å². The number of benzene rings is 1. The number of nitrogens with zero attached hydrogens (tertiary/aromatic N) is 1. The highest BCUT2D eigenvalue weighted by Crippen LogP contribution is 2.28. The molecule has 20 heavy (non-hydrogen) atoms. The number of aliphatic hydroxyl groups is 1. The third-order valence-corrected chi connectivity index (χ3v) is 3.86. The number of nitrogen functional groups attached to an aromatic ring is 1. The van der Waals surface area contributed by atoms with Crippen molar-refractivity contribution in [3.63, 3.8) is 0 Å². The molecule has 1 aromatic carbocycles. The number of aliphatic hydroxyl groups excluding tert-OH is 1. The minimum atomic E-state index is -0.0518. The molecule has 1 fully saturated rings. The smallest absolute Gasteiger partial charge is 0.256 e. The molecule has 1 aliphatic rings. The molecule has 0 aliphatic carbocycles. The van der Waals surface area contributed by atoms with Gasteiger partial charge in [-0.05, 0) is 37.3 Å². The second-order valence-electron chi connectivity index (χ2n) is 5.19. The first kappa shape index (κ1) is 14.7. The highest BCUT2D eigenvalue weighted by molar-refractivity contribution is 6.00. The summed E-state index contributed by atoms with van der Waals surface area (Å²) in [6, 6.07) is 5.25. The van der Waals surface area contributed by atoms with Crippen LogP contribution in [0.15, 0.2) is 18.2 Å². The Balaban J connectivity index is 2.14. The first-order valence-electron chi connectivity index (χ1n) is 7.00. The van der Waals surface area contributed by atoms with Crippen LogP contribution in [0.4, 0.5) is 5.69 Å². The highest BCUT2D eigenvalue weighted by atomic mass is 16.5. The zero-order valence-electron chi connectivity index (χ0n) is 11.8. The maximum absolute atomic E-state index is 12.6. The minimum absolute atomic E-state index is 0.0518. The van der Waals surface area contributed by atoms with Gasteiger partial charge in [0.2, 0.25) is 0 Å². The third-order valence-electron chi connectivity index (χ3n) is 3.86. The number of methoxy groups -OCH3 is 1. The number of para-hydroxylation sites is 1. The molecule has 5 nitrogen and oxygen atoms in total. The van der Waals surface area contributed by atoms with Crippen molar-refractivity contribution in [2.45, 2.75) is 19.3 Å².